The fourth-order valence-electron chi connectivity index (χ4n) is 8.68. The van der Waals surface area contributed by atoms with Crippen LogP contribution in [-0.4, -0.2) is 54.6 Å². The molecule has 0 saturated carbocycles. The summed E-state index contributed by atoms with van der Waals surface area (Å²) in [6.07, 6.45) is 20.3. The maximum absolute atomic E-state index is 12.2. The molecule has 294 valence electrons. The summed E-state index contributed by atoms with van der Waals surface area (Å²) in [7, 11) is -3.99. The van der Waals surface area contributed by atoms with E-state index in [1.807, 2.05) is 0 Å². The lowest BCUT2D eigenvalue weighted by atomic mass is 9.79. The molecule has 4 aromatic rings. The highest BCUT2D eigenvalue weighted by Gasteiger charge is 2.45. The van der Waals surface area contributed by atoms with Crippen molar-refractivity contribution in [2.45, 2.75) is 90.4 Å². The largest absolute Gasteiger partial charge is 0.356 e. The summed E-state index contributed by atoms with van der Waals surface area (Å²) in [5, 5.41) is 7.96. The van der Waals surface area contributed by atoms with E-state index < -0.39 is 10.1 Å². The average Bonchev–Trinajstić information content (AvgIpc) is 3.52. The number of amides is 1. The predicted octanol–water partition coefficient (Wildman–Crippen LogP) is 10.5. The molecule has 0 aliphatic carbocycles. The van der Waals surface area contributed by atoms with Gasteiger partial charge in [-0.3, -0.25) is 9.35 Å². The summed E-state index contributed by atoms with van der Waals surface area (Å²) in [6.45, 7) is 13.5. The van der Waals surface area contributed by atoms with Gasteiger partial charge in [0, 0.05) is 60.4 Å². The molecule has 0 unspecified atom stereocenters. The number of fused-ring (bicyclic) bond motifs is 6. The van der Waals surface area contributed by atoms with E-state index >= 15 is 0 Å². The Balaban J connectivity index is 1.21. The van der Waals surface area contributed by atoms with Crippen LogP contribution in [0.2, 0.25) is 0 Å². The van der Waals surface area contributed by atoms with Gasteiger partial charge in [0.15, 0.2) is 5.71 Å². The molecule has 0 atom stereocenters. The van der Waals surface area contributed by atoms with Crippen LogP contribution in [0, 0.1) is 0 Å². The third-order valence-electron chi connectivity index (χ3n) is 11.4. The van der Waals surface area contributed by atoms with Crippen molar-refractivity contribution in [3.05, 3.63) is 132 Å². The first kappa shape index (κ1) is 40.9. The van der Waals surface area contributed by atoms with Crippen molar-refractivity contribution in [2.75, 3.05) is 30.3 Å². The van der Waals surface area contributed by atoms with Gasteiger partial charge in [-0.05, 0) is 84.8 Å². The van der Waals surface area contributed by atoms with Gasteiger partial charge >= 0.3 is 0 Å². The van der Waals surface area contributed by atoms with E-state index in [0.29, 0.717) is 25.8 Å². The summed E-state index contributed by atoms with van der Waals surface area (Å²) < 4.78 is 34.4. The monoisotopic (exact) mass is 772 g/mol. The normalized spacial score (nSPS) is 17.0. The van der Waals surface area contributed by atoms with Crippen LogP contribution in [0.1, 0.15) is 90.7 Å². The van der Waals surface area contributed by atoms with Crippen molar-refractivity contribution in [1.82, 2.24) is 5.32 Å². The maximum atomic E-state index is 12.2. The van der Waals surface area contributed by atoms with E-state index in [1.165, 1.54) is 44.1 Å². The zero-order chi connectivity index (χ0) is 39.9. The smallest absolute Gasteiger partial charge is 0.264 e. The molecule has 0 aromatic heterocycles. The Bertz CT molecular complexity index is 2350. The molecule has 0 fully saturated rings. The number of nitrogens with zero attached hydrogens (tertiary/aromatic N) is 2. The van der Waals surface area contributed by atoms with E-state index in [1.54, 1.807) is 0 Å². The van der Waals surface area contributed by atoms with Gasteiger partial charge in [-0.2, -0.15) is 13.0 Å². The van der Waals surface area contributed by atoms with Crippen molar-refractivity contribution >= 4 is 54.7 Å². The van der Waals surface area contributed by atoms with Crippen LogP contribution in [0.4, 0.5) is 11.4 Å². The fourth-order valence-corrected chi connectivity index (χ4v) is 9.25. The molecule has 7 nitrogen and oxygen atoms in total. The highest BCUT2D eigenvalue weighted by Crippen LogP contribution is 2.51. The first-order chi connectivity index (χ1) is 26.8. The number of carbonyl (C=O) groups excluding carboxylic acids is 1. The minimum Gasteiger partial charge on any atom is -0.356 e. The van der Waals surface area contributed by atoms with Crippen molar-refractivity contribution in [2.24, 2.45) is 0 Å². The SMILES string of the molecule is CCCNC(=O)CCCCCN1\C(=C/C=C/C=C/C=C/C2=[N+](CCCCS(=O)(=O)O)c3ccc4ccccc4c3C2(C)C)C(C)(C)c2c1ccc1ccccc21. The molecule has 0 radical (unpaired) electrons. The Kier molecular flexibility index (Phi) is 12.8. The Labute approximate surface area is 334 Å². The number of hydrogen-bond acceptors (Lipinski definition) is 4. The first-order valence-electron chi connectivity index (χ1n) is 20.3. The van der Waals surface area contributed by atoms with Gasteiger partial charge < -0.3 is 10.2 Å². The van der Waals surface area contributed by atoms with Crippen LogP contribution in [0.25, 0.3) is 21.5 Å². The van der Waals surface area contributed by atoms with Crippen LogP contribution < -0.4 is 10.2 Å². The zero-order valence-corrected chi connectivity index (χ0v) is 34.5. The van der Waals surface area contributed by atoms with Crippen molar-refractivity contribution in [3.8, 4) is 0 Å². The summed E-state index contributed by atoms with van der Waals surface area (Å²) in [6, 6.07) is 26.0. The number of nitrogens with one attached hydrogen (secondary N) is 1. The zero-order valence-electron chi connectivity index (χ0n) is 33.7. The molecule has 0 spiro atoms. The van der Waals surface area contributed by atoms with Crippen LogP contribution in [0.3, 0.4) is 0 Å². The molecule has 2 aliphatic heterocycles. The maximum Gasteiger partial charge on any atom is 0.264 e. The molecule has 1 amide bonds. The summed E-state index contributed by atoms with van der Waals surface area (Å²) in [4.78, 5) is 14.6. The number of anilines is 1. The van der Waals surface area contributed by atoms with Crippen LogP contribution in [0.15, 0.2) is 121 Å². The number of hydrogen-bond donors (Lipinski definition) is 2. The van der Waals surface area contributed by atoms with Gasteiger partial charge in [0.25, 0.3) is 10.1 Å². The second-order valence-electron chi connectivity index (χ2n) is 16.1. The lowest BCUT2D eigenvalue weighted by molar-refractivity contribution is -0.438. The Morgan fingerprint density at radius 3 is 2.14 bits per heavy atom. The molecule has 0 saturated heterocycles. The van der Waals surface area contributed by atoms with Gasteiger partial charge in [0.2, 0.25) is 11.6 Å². The van der Waals surface area contributed by atoms with Gasteiger partial charge in [-0.1, -0.05) is 112 Å². The first-order valence-corrected chi connectivity index (χ1v) is 21.9. The highest BCUT2D eigenvalue weighted by molar-refractivity contribution is 7.85. The lowest BCUT2D eigenvalue weighted by Gasteiger charge is -2.27. The van der Waals surface area contributed by atoms with E-state index in [2.05, 4.69) is 165 Å². The van der Waals surface area contributed by atoms with E-state index in [9.17, 15) is 17.8 Å². The number of benzene rings is 4. The molecule has 2 aliphatic rings. The number of rotatable bonds is 17. The average molecular weight is 773 g/mol. The Morgan fingerprint density at radius 2 is 1.43 bits per heavy atom. The number of allylic oxidation sites excluding steroid dienone is 8. The van der Waals surface area contributed by atoms with Crippen molar-refractivity contribution in [3.63, 3.8) is 0 Å². The third-order valence-corrected chi connectivity index (χ3v) is 12.2. The van der Waals surface area contributed by atoms with E-state index in [-0.39, 0.29) is 22.5 Å². The Hall–Kier alpha value is -4.79. The molecule has 56 heavy (non-hydrogen) atoms. The quantitative estimate of drug-likeness (QED) is 0.0483. The third kappa shape index (κ3) is 8.92. The van der Waals surface area contributed by atoms with Crippen LogP contribution >= 0.6 is 0 Å². The second kappa shape index (κ2) is 17.6. The number of carbonyl (C=O) groups is 1. The van der Waals surface area contributed by atoms with Crippen molar-refractivity contribution < 1.29 is 22.3 Å². The molecule has 2 N–H and O–H groups in total. The molecule has 6 rings (SSSR count). The molecule has 4 aromatic carbocycles. The number of unbranched alkanes of at least 4 members (excludes halogenated alkanes) is 3. The summed E-state index contributed by atoms with van der Waals surface area (Å²) >= 11 is 0. The summed E-state index contributed by atoms with van der Waals surface area (Å²) in [5.41, 5.74) is 6.99. The van der Waals surface area contributed by atoms with Gasteiger partial charge in [0.1, 0.15) is 6.54 Å². The van der Waals surface area contributed by atoms with Gasteiger partial charge in [0.05, 0.1) is 11.2 Å². The molecular weight excluding hydrogens is 715 g/mol. The van der Waals surface area contributed by atoms with Crippen LogP contribution in [-0.2, 0) is 25.7 Å². The van der Waals surface area contributed by atoms with E-state index in [0.717, 1.165) is 50.2 Å². The summed E-state index contributed by atoms with van der Waals surface area (Å²) in [5.74, 6) is -0.0859. The Morgan fingerprint density at radius 1 is 0.768 bits per heavy atom. The standard InChI is InChI=1S/C48H57N3O4S/c1-6-32-49-44(52)27-13-10-18-33-50-40-30-28-36-21-14-16-23-38(36)45(40)47(2,3)42(50)25-11-8-7-9-12-26-43-48(4,5)46-39-24-17-15-22-37(39)29-31-41(46)51(43)34-19-20-35-56(53,54)55/h7-9,11-12,14-17,21-26,28-31H,6,10,13,18-20,27,32-35H2,1-5H3,(H-,49,52,53,54,55)/p+1. The highest BCUT2D eigenvalue weighted by atomic mass is 32.2. The lowest BCUT2D eigenvalue weighted by Crippen LogP contribution is -2.28. The topological polar surface area (TPSA) is 89.7 Å². The molecule has 2 heterocycles. The fraction of sp³-hybridized carbons (Fsp3) is 0.375. The van der Waals surface area contributed by atoms with Crippen LogP contribution in [0.5, 0.6) is 0 Å². The second-order valence-corrected chi connectivity index (χ2v) is 17.7. The van der Waals surface area contributed by atoms with Gasteiger partial charge in [-0.25, -0.2) is 0 Å². The minimum atomic E-state index is -3.99. The molecular formula is C48H58N3O4S+. The molecule has 8 heteroatoms. The van der Waals surface area contributed by atoms with Gasteiger partial charge in [-0.15, -0.1) is 0 Å². The predicted molar refractivity (Wildman–Crippen MR) is 234 cm³/mol. The van der Waals surface area contributed by atoms with E-state index in [4.69, 9.17) is 0 Å². The minimum absolute atomic E-state index is 0.148. The van der Waals surface area contributed by atoms with Crippen molar-refractivity contribution in [1.29, 1.82) is 0 Å². The molecule has 0 bridgehead atoms.